The number of amides is 2. The first-order valence-corrected chi connectivity index (χ1v) is 13.3. The van der Waals surface area contributed by atoms with Crippen LogP contribution < -0.4 is 5.32 Å². The SMILES string of the molecule is Cc1cccc(C)c1C(=O)N1CCC[C@H](C(=O)Nc2ccc3c(c2)CCC3)C1C1CCCCC1. The predicted octanol–water partition coefficient (Wildman–Crippen LogP) is 6.23. The van der Waals surface area contributed by atoms with Gasteiger partial charge in [0.25, 0.3) is 5.91 Å². The lowest BCUT2D eigenvalue weighted by Gasteiger charge is -2.46. The van der Waals surface area contributed by atoms with Crippen molar-refractivity contribution in [2.45, 2.75) is 84.1 Å². The summed E-state index contributed by atoms with van der Waals surface area (Å²) >= 11 is 0. The van der Waals surface area contributed by atoms with E-state index in [-0.39, 0.29) is 23.8 Å². The Morgan fingerprint density at radius 1 is 0.853 bits per heavy atom. The number of piperidine rings is 1. The molecule has 1 heterocycles. The molecule has 2 atom stereocenters. The van der Waals surface area contributed by atoms with Crippen LogP contribution in [0.2, 0.25) is 0 Å². The van der Waals surface area contributed by atoms with Gasteiger partial charge in [0.05, 0.1) is 5.92 Å². The van der Waals surface area contributed by atoms with Gasteiger partial charge >= 0.3 is 0 Å². The van der Waals surface area contributed by atoms with Gasteiger partial charge in [-0.1, -0.05) is 43.5 Å². The zero-order chi connectivity index (χ0) is 23.7. The molecule has 2 aromatic rings. The Morgan fingerprint density at radius 2 is 1.59 bits per heavy atom. The van der Waals surface area contributed by atoms with E-state index in [0.29, 0.717) is 5.92 Å². The Balaban J connectivity index is 1.43. The van der Waals surface area contributed by atoms with Gasteiger partial charge in [-0.05, 0) is 99.1 Å². The van der Waals surface area contributed by atoms with Crippen LogP contribution in [0.5, 0.6) is 0 Å². The van der Waals surface area contributed by atoms with Gasteiger partial charge < -0.3 is 10.2 Å². The summed E-state index contributed by atoms with van der Waals surface area (Å²) in [4.78, 5) is 29.7. The highest BCUT2D eigenvalue weighted by atomic mass is 16.2. The fourth-order valence-corrected chi connectivity index (χ4v) is 6.78. The van der Waals surface area contributed by atoms with Gasteiger partial charge in [-0.15, -0.1) is 0 Å². The van der Waals surface area contributed by atoms with Crippen LogP contribution in [0.25, 0.3) is 0 Å². The number of benzene rings is 2. The first-order valence-electron chi connectivity index (χ1n) is 13.3. The van der Waals surface area contributed by atoms with E-state index >= 15 is 0 Å². The average molecular weight is 459 g/mol. The molecule has 2 aromatic carbocycles. The van der Waals surface area contributed by atoms with E-state index in [2.05, 4.69) is 28.4 Å². The maximum atomic E-state index is 13.9. The van der Waals surface area contributed by atoms with Crippen molar-refractivity contribution >= 4 is 17.5 Å². The van der Waals surface area contributed by atoms with E-state index in [1.807, 2.05) is 32.0 Å². The van der Waals surface area contributed by atoms with E-state index < -0.39 is 0 Å². The number of anilines is 1. The van der Waals surface area contributed by atoms with Crippen LogP contribution in [0.4, 0.5) is 5.69 Å². The van der Waals surface area contributed by atoms with Crippen LogP contribution in [0, 0.1) is 25.7 Å². The molecule has 0 bridgehead atoms. The fraction of sp³-hybridized carbons (Fsp3) is 0.533. The number of rotatable bonds is 4. The van der Waals surface area contributed by atoms with Gasteiger partial charge in [0.2, 0.25) is 5.91 Å². The minimum absolute atomic E-state index is 0.0185. The van der Waals surface area contributed by atoms with Crippen molar-refractivity contribution in [1.82, 2.24) is 4.90 Å². The molecule has 1 saturated carbocycles. The van der Waals surface area contributed by atoms with Crippen LogP contribution in [0.3, 0.4) is 0 Å². The number of fused-ring (bicyclic) bond motifs is 1. The number of carbonyl (C=O) groups excluding carboxylic acids is 2. The molecule has 1 aliphatic heterocycles. The van der Waals surface area contributed by atoms with Crippen LogP contribution in [0.1, 0.15) is 84.0 Å². The Morgan fingerprint density at radius 3 is 2.35 bits per heavy atom. The van der Waals surface area contributed by atoms with E-state index in [1.54, 1.807) is 0 Å². The summed E-state index contributed by atoms with van der Waals surface area (Å²) < 4.78 is 0. The minimum Gasteiger partial charge on any atom is -0.335 e. The van der Waals surface area contributed by atoms with E-state index in [9.17, 15) is 9.59 Å². The Hall–Kier alpha value is -2.62. The van der Waals surface area contributed by atoms with Crippen LogP contribution in [-0.4, -0.2) is 29.3 Å². The van der Waals surface area contributed by atoms with Crippen molar-refractivity contribution in [2.24, 2.45) is 11.8 Å². The molecule has 0 radical (unpaired) electrons. The lowest BCUT2D eigenvalue weighted by atomic mass is 9.74. The number of hydrogen-bond acceptors (Lipinski definition) is 2. The number of hydrogen-bond donors (Lipinski definition) is 1. The second kappa shape index (κ2) is 9.93. The van der Waals surface area contributed by atoms with Crippen LogP contribution >= 0.6 is 0 Å². The molecule has 2 aliphatic carbocycles. The van der Waals surface area contributed by atoms with E-state index in [0.717, 1.165) is 67.4 Å². The summed E-state index contributed by atoms with van der Waals surface area (Å²) in [5, 5.41) is 3.26. The molecule has 0 aromatic heterocycles. The predicted molar refractivity (Wildman–Crippen MR) is 137 cm³/mol. The molecule has 4 heteroatoms. The first-order chi connectivity index (χ1) is 16.5. The van der Waals surface area contributed by atoms with Crippen molar-refractivity contribution in [1.29, 1.82) is 0 Å². The van der Waals surface area contributed by atoms with Crippen LogP contribution in [-0.2, 0) is 17.6 Å². The van der Waals surface area contributed by atoms with Gasteiger partial charge in [-0.25, -0.2) is 0 Å². The monoisotopic (exact) mass is 458 g/mol. The second-order valence-electron chi connectivity index (χ2n) is 10.7. The third-order valence-corrected chi connectivity index (χ3v) is 8.48. The van der Waals surface area contributed by atoms with Gasteiger partial charge in [-0.3, -0.25) is 9.59 Å². The molecule has 2 amide bonds. The van der Waals surface area contributed by atoms with Crippen molar-refractivity contribution in [2.75, 3.05) is 11.9 Å². The van der Waals surface area contributed by atoms with Crippen molar-refractivity contribution in [3.05, 3.63) is 64.2 Å². The van der Waals surface area contributed by atoms with Crippen LogP contribution in [0.15, 0.2) is 36.4 Å². The minimum atomic E-state index is -0.154. The summed E-state index contributed by atoms with van der Waals surface area (Å²) in [5.74, 6) is 0.449. The highest BCUT2D eigenvalue weighted by Crippen LogP contribution is 2.38. The molecule has 1 saturated heterocycles. The summed E-state index contributed by atoms with van der Waals surface area (Å²) in [6.07, 6.45) is 11.1. The van der Waals surface area contributed by atoms with Crippen molar-refractivity contribution in [3.8, 4) is 0 Å². The van der Waals surface area contributed by atoms with Crippen molar-refractivity contribution in [3.63, 3.8) is 0 Å². The zero-order valence-corrected chi connectivity index (χ0v) is 20.7. The summed E-state index contributed by atoms with van der Waals surface area (Å²) in [6.45, 7) is 4.80. The van der Waals surface area contributed by atoms with E-state index in [4.69, 9.17) is 0 Å². The Labute approximate surface area is 204 Å². The average Bonchev–Trinajstić information content (AvgIpc) is 3.32. The summed E-state index contributed by atoms with van der Waals surface area (Å²) in [5.41, 5.74) is 6.57. The Bertz CT molecular complexity index is 1050. The quantitative estimate of drug-likeness (QED) is 0.590. The molecular formula is C30H38N2O2. The number of carbonyl (C=O) groups is 2. The third kappa shape index (κ3) is 4.52. The highest BCUT2D eigenvalue weighted by Gasteiger charge is 2.43. The molecule has 3 aliphatic rings. The molecule has 5 rings (SSSR count). The molecule has 34 heavy (non-hydrogen) atoms. The summed E-state index contributed by atoms with van der Waals surface area (Å²) in [7, 11) is 0. The molecule has 1 N–H and O–H groups in total. The number of aryl methyl sites for hydroxylation is 4. The van der Waals surface area contributed by atoms with Gasteiger partial charge in [-0.2, -0.15) is 0 Å². The normalized spacial score (nSPS) is 22.9. The molecular weight excluding hydrogens is 420 g/mol. The lowest BCUT2D eigenvalue weighted by Crippen LogP contribution is -2.55. The topological polar surface area (TPSA) is 49.4 Å². The summed E-state index contributed by atoms with van der Waals surface area (Å²) in [6, 6.07) is 12.4. The van der Waals surface area contributed by atoms with Gasteiger partial charge in [0, 0.05) is 23.8 Å². The molecule has 180 valence electrons. The zero-order valence-electron chi connectivity index (χ0n) is 20.7. The maximum Gasteiger partial charge on any atom is 0.254 e. The Kier molecular flexibility index (Phi) is 6.76. The molecule has 0 spiro atoms. The van der Waals surface area contributed by atoms with Crippen molar-refractivity contribution < 1.29 is 9.59 Å². The second-order valence-corrected chi connectivity index (χ2v) is 10.7. The maximum absolute atomic E-state index is 13.9. The third-order valence-electron chi connectivity index (χ3n) is 8.48. The van der Waals surface area contributed by atoms with E-state index in [1.165, 1.54) is 36.8 Å². The lowest BCUT2D eigenvalue weighted by molar-refractivity contribution is -0.124. The number of nitrogens with one attached hydrogen (secondary N) is 1. The number of nitrogens with zero attached hydrogens (tertiary/aromatic N) is 1. The standard InChI is InChI=1S/C30H38N2O2/c1-20-9-6-10-21(2)27(20)30(34)32-18-8-15-26(28(32)23-11-4-3-5-12-23)29(33)31-25-17-16-22-13-7-14-24(22)19-25/h6,9-10,16-17,19,23,26,28H,3-5,7-8,11-15,18H2,1-2H3,(H,31,33)/t26-,28?/m0/s1. The first kappa shape index (κ1) is 23.1. The van der Waals surface area contributed by atoms with Gasteiger partial charge in [0.15, 0.2) is 0 Å². The number of likely N-dealkylation sites (tertiary alicyclic amines) is 1. The fourth-order valence-electron chi connectivity index (χ4n) is 6.78. The molecule has 2 fully saturated rings. The molecule has 1 unspecified atom stereocenters. The smallest absolute Gasteiger partial charge is 0.254 e. The van der Waals surface area contributed by atoms with Gasteiger partial charge in [0.1, 0.15) is 0 Å². The largest absolute Gasteiger partial charge is 0.335 e. The highest BCUT2D eigenvalue weighted by molar-refractivity contribution is 5.99. The molecule has 4 nitrogen and oxygen atoms in total.